The highest BCUT2D eigenvalue weighted by molar-refractivity contribution is 7.89. The Morgan fingerprint density at radius 2 is 1.65 bits per heavy atom. The van der Waals surface area contributed by atoms with Gasteiger partial charge in [-0.2, -0.15) is 5.10 Å². The van der Waals surface area contributed by atoms with E-state index in [9.17, 15) is 13.2 Å². The number of hydrazone groups is 1. The minimum absolute atomic E-state index is 0.0162. The number of rotatable bonds is 4. The molecule has 8 heteroatoms. The molecular weight excluding hydrogens is 374 g/mol. The number of nitrogens with zero attached hydrogens (tertiary/aromatic N) is 2. The van der Waals surface area contributed by atoms with E-state index in [1.54, 1.807) is 12.1 Å². The minimum Gasteiger partial charge on any atom is -0.273 e. The van der Waals surface area contributed by atoms with Gasteiger partial charge in [-0.05, 0) is 48.0 Å². The molecule has 1 heterocycles. The summed E-state index contributed by atoms with van der Waals surface area (Å²) in [6, 6.07) is 13.1. The lowest BCUT2D eigenvalue weighted by Crippen LogP contribution is -2.31. The predicted molar refractivity (Wildman–Crippen MR) is 102 cm³/mol. The summed E-state index contributed by atoms with van der Waals surface area (Å²) in [5, 5.41) is 11.4. The first-order valence-electron chi connectivity index (χ1n) is 7.80. The third-order valence-electron chi connectivity index (χ3n) is 3.81. The second-order valence-corrected chi connectivity index (χ2v) is 7.72. The second kappa shape index (κ2) is 7.41. The number of anilines is 1. The summed E-state index contributed by atoms with van der Waals surface area (Å²) in [4.78, 5) is 12.2. The molecule has 0 aliphatic carbocycles. The Kier molecular flexibility index (Phi) is 5.22. The number of carbonyl (C=O) groups excluding carboxylic acids is 1. The van der Waals surface area contributed by atoms with E-state index in [2.05, 4.69) is 5.10 Å². The first-order valence-corrected chi connectivity index (χ1v) is 9.72. The molecule has 0 bridgehead atoms. The molecule has 0 aromatic heterocycles. The lowest BCUT2D eigenvalue weighted by atomic mass is 10.1. The summed E-state index contributed by atoms with van der Waals surface area (Å²) in [6.07, 6.45) is 4.60. The van der Waals surface area contributed by atoms with Gasteiger partial charge in [0.1, 0.15) is 0 Å². The fourth-order valence-electron chi connectivity index (χ4n) is 2.44. The van der Waals surface area contributed by atoms with Crippen LogP contribution in [0.1, 0.15) is 18.4 Å². The van der Waals surface area contributed by atoms with E-state index in [-0.39, 0.29) is 10.8 Å². The van der Waals surface area contributed by atoms with Crippen LogP contribution >= 0.6 is 11.6 Å². The molecule has 0 spiro atoms. The van der Waals surface area contributed by atoms with Gasteiger partial charge < -0.3 is 0 Å². The molecule has 26 heavy (non-hydrogen) atoms. The van der Waals surface area contributed by atoms with Crippen LogP contribution < -0.4 is 10.1 Å². The zero-order chi connectivity index (χ0) is 18.7. The van der Waals surface area contributed by atoms with Gasteiger partial charge in [0, 0.05) is 17.9 Å². The monoisotopic (exact) mass is 389 g/mol. The molecule has 6 nitrogen and oxygen atoms in total. The molecule has 3 rings (SSSR count). The SMILES string of the molecule is NS(=O)(=O)c1ccc(N2N=C(/C=C/c3ccc(Cl)cc3)CCC2=O)cc1. The zero-order valence-corrected chi connectivity index (χ0v) is 15.2. The van der Waals surface area contributed by atoms with Crippen LogP contribution in [0.2, 0.25) is 5.02 Å². The smallest absolute Gasteiger partial charge is 0.247 e. The summed E-state index contributed by atoms with van der Waals surface area (Å²) in [5.41, 5.74) is 2.20. The van der Waals surface area contributed by atoms with Crippen LogP contribution in [0.3, 0.4) is 0 Å². The van der Waals surface area contributed by atoms with Gasteiger partial charge in [-0.3, -0.25) is 4.79 Å². The Hall–Kier alpha value is -2.48. The van der Waals surface area contributed by atoms with E-state index >= 15 is 0 Å². The van der Waals surface area contributed by atoms with Crippen molar-refractivity contribution in [2.24, 2.45) is 10.2 Å². The van der Waals surface area contributed by atoms with Crippen molar-refractivity contribution in [3.8, 4) is 0 Å². The number of hydrogen-bond donors (Lipinski definition) is 1. The third kappa shape index (κ3) is 4.37. The first kappa shape index (κ1) is 18.3. The third-order valence-corrected chi connectivity index (χ3v) is 4.99. The Balaban J connectivity index is 1.83. The minimum atomic E-state index is -3.78. The van der Waals surface area contributed by atoms with Crippen LogP contribution in [-0.2, 0) is 14.8 Å². The summed E-state index contributed by atoms with van der Waals surface area (Å²) in [6.45, 7) is 0. The molecule has 1 aliphatic rings. The largest absolute Gasteiger partial charge is 0.273 e. The number of amides is 1. The van der Waals surface area contributed by atoms with Crippen molar-refractivity contribution in [3.05, 3.63) is 65.2 Å². The maximum atomic E-state index is 12.2. The molecule has 134 valence electrons. The topological polar surface area (TPSA) is 92.8 Å². The average Bonchev–Trinajstić information content (AvgIpc) is 2.62. The molecule has 0 radical (unpaired) electrons. The Bertz CT molecular complexity index is 981. The Morgan fingerprint density at radius 1 is 1.00 bits per heavy atom. The molecule has 2 aromatic rings. The van der Waals surface area contributed by atoms with Crippen molar-refractivity contribution in [2.75, 3.05) is 5.01 Å². The molecule has 2 aromatic carbocycles. The van der Waals surface area contributed by atoms with Crippen molar-refractivity contribution in [1.29, 1.82) is 0 Å². The van der Waals surface area contributed by atoms with Crippen molar-refractivity contribution >= 4 is 45.0 Å². The number of hydrogen-bond acceptors (Lipinski definition) is 4. The van der Waals surface area contributed by atoms with Crippen LogP contribution in [0.25, 0.3) is 6.08 Å². The predicted octanol–water partition coefficient (Wildman–Crippen LogP) is 3.18. The fraction of sp³-hybridized carbons (Fsp3) is 0.111. The van der Waals surface area contributed by atoms with E-state index < -0.39 is 10.0 Å². The summed E-state index contributed by atoms with van der Waals surface area (Å²) in [5.74, 6) is -0.156. The van der Waals surface area contributed by atoms with Crippen molar-refractivity contribution in [2.45, 2.75) is 17.7 Å². The molecule has 0 unspecified atom stereocenters. The van der Waals surface area contributed by atoms with Gasteiger partial charge in [0.15, 0.2) is 0 Å². The second-order valence-electron chi connectivity index (χ2n) is 5.72. The highest BCUT2D eigenvalue weighted by Crippen LogP contribution is 2.22. The van der Waals surface area contributed by atoms with Gasteiger partial charge in [-0.1, -0.05) is 29.8 Å². The standard InChI is InChI=1S/C18H16ClN3O3S/c19-14-4-1-13(2-5-14)3-6-15-7-12-18(23)22(21-15)16-8-10-17(11-9-16)26(20,24)25/h1-6,8-11H,7,12H2,(H2,20,24,25)/b6-3+. The fourth-order valence-corrected chi connectivity index (χ4v) is 3.08. The number of sulfonamides is 1. The number of nitrogens with two attached hydrogens (primary N) is 1. The summed E-state index contributed by atoms with van der Waals surface area (Å²) < 4.78 is 22.7. The molecule has 1 amide bonds. The van der Waals surface area contributed by atoms with Gasteiger partial charge in [0.05, 0.1) is 16.3 Å². The van der Waals surface area contributed by atoms with Gasteiger partial charge in [0.25, 0.3) is 0 Å². The van der Waals surface area contributed by atoms with Gasteiger partial charge in [-0.15, -0.1) is 0 Å². The van der Waals surface area contributed by atoms with Gasteiger partial charge in [0.2, 0.25) is 15.9 Å². The quantitative estimate of drug-likeness (QED) is 0.870. The number of carbonyl (C=O) groups is 1. The molecule has 1 aliphatic heterocycles. The van der Waals surface area contributed by atoms with Crippen LogP contribution in [0.15, 0.2) is 64.6 Å². The summed E-state index contributed by atoms with van der Waals surface area (Å²) >= 11 is 5.87. The molecule has 0 atom stereocenters. The van der Waals surface area contributed by atoms with Gasteiger partial charge >= 0.3 is 0 Å². The number of halogens is 1. The van der Waals surface area contributed by atoms with Crippen LogP contribution in [0, 0.1) is 0 Å². The first-order chi connectivity index (χ1) is 12.3. The van der Waals surface area contributed by atoms with Crippen molar-refractivity contribution in [3.63, 3.8) is 0 Å². The lowest BCUT2D eigenvalue weighted by Gasteiger charge is -2.22. The van der Waals surface area contributed by atoms with Gasteiger partial charge in [-0.25, -0.2) is 18.6 Å². The van der Waals surface area contributed by atoms with E-state index in [1.807, 2.05) is 24.3 Å². The van der Waals surface area contributed by atoms with E-state index in [0.717, 1.165) is 11.3 Å². The van der Waals surface area contributed by atoms with E-state index in [4.69, 9.17) is 16.7 Å². The Morgan fingerprint density at radius 3 is 2.27 bits per heavy atom. The summed E-state index contributed by atoms with van der Waals surface area (Å²) in [7, 11) is -3.78. The van der Waals surface area contributed by atoms with Crippen LogP contribution in [0.4, 0.5) is 5.69 Å². The molecular formula is C18H16ClN3O3S. The normalized spacial score (nSPS) is 15.4. The average molecular weight is 390 g/mol. The highest BCUT2D eigenvalue weighted by Gasteiger charge is 2.21. The maximum Gasteiger partial charge on any atom is 0.247 e. The highest BCUT2D eigenvalue weighted by atomic mass is 35.5. The number of allylic oxidation sites excluding steroid dienone is 1. The Labute approximate surface area is 156 Å². The maximum absolute atomic E-state index is 12.2. The lowest BCUT2D eigenvalue weighted by molar-refractivity contribution is -0.118. The number of primary sulfonamides is 1. The van der Waals surface area contributed by atoms with E-state index in [0.29, 0.717) is 23.6 Å². The zero-order valence-electron chi connectivity index (χ0n) is 13.7. The molecule has 2 N–H and O–H groups in total. The molecule has 0 saturated carbocycles. The van der Waals surface area contributed by atoms with Crippen molar-refractivity contribution in [1.82, 2.24) is 0 Å². The van der Waals surface area contributed by atoms with Crippen LogP contribution in [-0.4, -0.2) is 20.0 Å². The molecule has 0 fully saturated rings. The van der Waals surface area contributed by atoms with E-state index in [1.165, 1.54) is 29.3 Å². The number of benzene rings is 2. The molecule has 0 saturated heterocycles. The van der Waals surface area contributed by atoms with Crippen molar-refractivity contribution < 1.29 is 13.2 Å². The van der Waals surface area contributed by atoms with Crippen LogP contribution in [0.5, 0.6) is 0 Å².